The Hall–Kier alpha value is -3.39. The van der Waals surface area contributed by atoms with Gasteiger partial charge in [0.15, 0.2) is 11.6 Å². The van der Waals surface area contributed by atoms with Gasteiger partial charge in [-0.3, -0.25) is 4.90 Å². The van der Waals surface area contributed by atoms with E-state index in [0.29, 0.717) is 24.1 Å². The van der Waals surface area contributed by atoms with Crippen LogP contribution in [0.2, 0.25) is 0 Å². The number of nitrogens with one attached hydrogen (secondary N) is 2. The second-order valence-corrected chi connectivity index (χ2v) is 7.75. The van der Waals surface area contributed by atoms with Gasteiger partial charge in [-0.15, -0.1) is 0 Å². The first-order chi connectivity index (χ1) is 15.6. The Morgan fingerprint density at radius 2 is 1.78 bits per heavy atom. The highest BCUT2D eigenvalue weighted by atomic mass is 19.1. The predicted molar refractivity (Wildman–Crippen MR) is 124 cm³/mol. The molecule has 0 aliphatic carbocycles. The van der Waals surface area contributed by atoms with E-state index in [4.69, 9.17) is 9.47 Å². The highest BCUT2D eigenvalue weighted by molar-refractivity contribution is 5.63. The van der Waals surface area contributed by atoms with Crippen LogP contribution in [-0.4, -0.2) is 48.2 Å². The number of anilines is 4. The van der Waals surface area contributed by atoms with E-state index < -0.39 is 5.82 Å². The van der Waals surface area contributed by atoms with Crippen LogP contribution in [0.15, 0.2) is 48.7 Å². The molecule has 0 spiro atoms. The van der Waals surface area contributed by atoms with Gasteiger partial charge in [0.25, 0.3) is 0 Å². The molecule has 0 bridgehead atoms. The number of likely N-dealkylation sites (tertiary alicyclic amines) is 1. The average molecular weight is 438 g/mol. The van der Waals surface area contributed by atoms with Gasteiger partial charge in [-0.1, -0.05) is 0 Å². The first kappa shape index (κ1) is 21.8. The van der Waals surface area contributed by atoms with Gasteiger partial charge in [-0.25, -0.2) is 9.37 Å². The summed E-state index contributed by atoms with van der Waals surface area (Å²) in [6.07, 6.45) is 4.31. The Morgan fingerprint density at radius 3 is 2.53 bits per heavy atom. The number of benzene rings is 2. The minimum Gasteiger partial charge on any atom is -0.494 e. The van der Waals surface area contributed by atoms with Crippen molar-refractivity contribution in [3.8, 4) is 11.5 Å². The Morgan fingerprint density at radius 1 is 1.03 bits per heavy atom. The summed E-state index contributed by atoms with van der Waals surface area (Å²) in [5.74, 6) is 1.67. The Labute approximate surface area is 187 Å². The summed E-state index contributed by atoms with van der Waals surface area (Å²) in [5.41, 5.74) is 2.39. The number of ether oxygens (including phenoxy) is 2. The molecule has 0 amide bonds. The van der Waals surface area contributed by atoms with Gasteiger partial charge in [0.1, 0.15) is 18.2 Å². The molecule has 1 saturated heterocycles. The highest BCUT2D eigenvalue weighted by Crippen LogP contribution is 2.26. The van der Waals surface area contributed by atoms with E-state index in [2.05, 4.69) is 25.5 Å². The molecule has 7 nitrogen and oxygen atoms in total. The molecule has 4 rings (SSSR count). The van der Waals surface area contributed by atoms with Crippen LogP contribution in [0.1, 0.15) is 18.4 Å². The lowest BCUT2D eigenvalue weighted by molar-refractivity contribution is 0.238. The van der Waals surface area contributed by atoms with E-state index in [1.165, 1.54) is 39.1 Å². The molecule has 1 fully saturated rings. The molecule has 2 N–H and O–H groups in total. The second-order valence-electron chi connectivity index (χ2n) is 7.75. The van der Waals surface area contributed by atoms with E-state index >= 15 is 0 Å². The largest absolute Gasteiger partial charge is 0.494 e. The van der Waals surface area contributed by atoms with Gasteiger partial charge < -0.3 is 20.1 Å². The van der Waals surface area contributed by atoms with E-state index in [1.807, 2.05) is 31.2 Å². The molecule has 1 aromatic heterocycles. The van der Waals surface area contributed by atoms with E-state index in [0.717, 1.165) is 23.5 Å². The third kappa shape index (κ3) is 5.64. The first-order valence-electron chi connectivity index (χ1n) is 10.8. The van der Waals surface area contributed by atoms with Gasteiger partial charge in [0, 0.05) is 35.7 Å². The topological polar surface area (TPSA) is 71.5 Å². The van der Waals surface area contributed by atoms with E-state index in [-0.39, 0.29) is 5.75 Å². The maximum atomic E-state index is 13.7. The van der Waals surface area contributed by atoms with Gasteiger partial charge in [0.2, 0.25) is 5.95 Å². The fourth-order valence-electron chi connectivity index (χ4n) is 3.57. The standard InChI is InChI=1S/C24H28FN5O2/c1-17-16-26-24(29-23(17)27-19-7-10-21(25)22(15-19)31-2)28-18-5-8-20(9-6-18)32-14-13-30-11-3-4-12-30/h5-10,15-16H,3-4,11-14H2,1-2H3,(H2,26,27,28,29). The van der Waals surface area contributed by atoms with Gasteiger partial charge in [-0.05, 0) is 69.3 Å². The van der Waals surface area contributed by atoms with Crippen molar-refractivity contribution >= 4 is 23.1 Å². The van der Waals surface area contributed by atoms with Crippen molar-refractivity contribution in [2.45, 2.75) is 19.8 Å². The third-order valence-electron chi connectivity index (χ3n) is 5.37. The van der Waals surface area contributed by atoms with Crippen LogP contribution < -0.4 is 20.1 Å². The highest BCUT2D eigenvalue weighted by Gasteiger charge is 2.11. The van der Waals surface area contributed by atoms with Crippen LogP contribution in [0.3, 0.4) is 0 Å². The first-order valence-corrected chi connectivity index (χ1v) is 10.8. The summed E-state index contributed by atoms with van der Waals surface area (Å²) < 4.78 is 24.6. The molecule has 168 valence electrons. The number of aromatic nitrogens is 2. The van der Waals surface area contributed by atoms with Crippen molar-refractivity contribution in [1.29, 1.82) is 0 Å². The molecule has 0 atom stereocenters. The average Bonchev–Trinajstić information content (AvgIpc) is 3.32. The van der Waals surface area contributed by atoms with Crippen molar-refractivity contribution in [3.63, 3.8) is 0 Å². The number of rotatable bonds is 9. The Balaban J connectivity index is 1.36. The Bertz CT molecular complexity index is 1040. The molecular formula is C24H28FN5O2. The van der Waals surface area contributed by atoms with Crippen molar-refractivity contribution in [2.75, 3.05) is 44.0 Å². The van der Waals surface area contributed by atoms with Crippen molar-refractivity contribution in [3.05, 3.63) is 60.0 Å². The van der Waals surface area contributed by atoms with Crippen molar-refractivity contribution in [1.82, 2.24) is 14.9 Å². The second kappa shape index (κ2) is 10.3. The van der Waals surface area contributed by atoms with Gasteiger partial charge in [-0.2, -0.15) is 4.98 Å². The van der Waals surface area contributed by atoms with Crippen LogP contribution in [0, 0.1) is 12.7 Å². The monoisotopic (exact) mass is 437 g/mol. The van der Waals surface area contributed by atoms with Crippen LogP contribution in [-0.2, 0) is 0 Å². The molecule has 3 aromatic rings. The number of aryl methyl sites for hydroxylation is 1. The zero-order chi connectivity index (χ0) is 22.3. The summed E-state index contributed by atoms with van der Waals surface area (Å²) in [5, 5.41) is 6.40. The Kier molecular flexibility index (Phi) is 7.01. The van der Waals surface area contributed by atoms with Crippen LogP contribution in [0.25, 0.3) is 0 Å². The molecule has 32 heavy (non-hydrogen) atoms. The molecule has 1 aliphatic rings. The van der Waals surface area contributed by atoms with Gasteiger partial charge in [0.05, 0.1) is 7.11 Å². The molecule has 0 radical (unpaired) electrons. The molecule has 0 unspecified atom stereocenters. The number of nitrogens with zero attached hydrogens (tertiary/aromatic N) is 3. The summed E-state index contributed by atoms with van der Waals surface area (Å²) in [6, 6.07) is 12.3. The molecule has 8 heteroatoms. The number of hydrogen-bond donors (Lipinski definition) is 2. The van der Waals surface area contributed by atoms with E-state index in [1.54, 1.807) is 18.3 Å². The fourth-order valence-corrected chi connectivity index (χ4v) is 3.57. The van der Waals surface area contributed by atoms with Gasteiger partial charge >= 0.3 is 0 Å². The lowest BCUT2D eigenvalue weighted by atomic mass is 10.2. The lowest BCUT2D eigenvalue weighted by Gasteiger charge is -2.15. The maximum absolute atomic E-state index is 13.7. The number of hydrogen-bond acceptors (Lipinski definition) is 7. The summed E-state index contributed by atoms with van der Waals surface area (Å²) in [7, 11) is 1.43. The fraction of sp³-hybridized carbons (Fsp3) is 0.333. The predicted octanol–water partition coefficient (Wildman–Crippen LogP) is 4.89. The summed E-state index contributed by atoms with van der Waals surface area (Å²) in [4.78, 5) is 11.3. The number of methoxy groups -OCH3 is 1. The molecule has 2 heterocycles. The normalized spacial score (nSPS) is 13.7. The zero-order valence-corrected chi connectivity index (χ0v) is 18.4. The molecule has 2 aromatic carbocycles. The van der Waals surface area contributed by atoms with Crippen molar-refractivity contribution < 1.29 is 13.9 Å². The lowest BCUT2D eigenvalue weighted by Crippen LogP contribution is -2.25. The smallest absolute Gasteiger partial charge is 0.229 e. The molecule has 0 saturated carbocycles. The third-order valence-corrected chi connectivity index (χ3v) is 5.37. The summed E-state index contributed by atoms with van der Waals surface area (Å²) in [6.45, 7) is 5.91. The SMILES string of the molecule is COc1cc(Nc2nc(Nc3ccc(OCCN4CCCC4)cc3)ncc2C)ccc1F. The van der Waals surface area contributed by atoms with E-state index in [9.17, 15) is 4.39 Å². The minimum atomic E-state index is -0.414. The number of halogens is 1. The maximum Gasteiger partial charge on any atom is 0.229 e. The van der Waals surface area contributed by atoms with Crippen LogP contribution in [0.5, 0.6) is 11.5 Å². The van der Waals surface area contributed by atoms with Crippen molar-refractivity contribution in [2.24, 2.45) is 0 Å². The molecular weight excluding hydrogens is 409 g/mol. The minimum absolute atomic E-state index is 0.169. The zero-order valence-electron chi connectivity index (χ0n) is 18.4. The van der Waals surface area contributed by atoms with Crippen LogP contribution >= 0.6 is 0 Å². The van der Waals surface area contributed by atoms with Crippen LogP contribution in [0.4, 0.5) is 27.5 Å². The quantitative estimate of drug-likeness (QED) is 0.494. The summed E-state index contributed by atoms with van der Waals surface area (Å²) >= 11 is 0. The molecule has 1 aliphatic heterocycles.